The van der Waals surface area contributed by atoms with E-state index in [1.54, 1.807) is 48.4 Å². The number of hydrogen-bond donors (Lipinski definition) is 2. The molecule has 3 rings (SSSR count). The maximum absolute atomic E-state index is 12.7. The molecule has 3 aromatic rings. The number of rotatable bonds is 7. The third-order valence-electron chi connectivity index (χ3n) is 3.86. The summed E-state index contributed by atoms with van der Waals surface area (Å²) in [5, 5.41) is 7.84. The summed E-state index contributed by atoms with van der Waals surface area (Å²) in [6.45, 7) is 0. The van der Waals surface area contributed by atoms with Crippen molar-refractivity contribution in [1.29, 1.82) is 0 Å². The van der Waals surface area contributed by atoms with Gasteiger partial charge in [-0.2, -0.15) is 10.2 Å². The molecule has 1 aromatic heterocycles. The van der Waals surface area contributed by atoms with Gasteiger partial charge in [-0.15, -0.1) is 0 Å². The van der Waals surface area contributed by atoms with E-state index in [0.29, 0.717) is 17.0 Å². The first-order valence-corrected chi connectivity index (χ1v) is 9.95. The van der Waals surface area contributed by atoms with Crippen molar-refractivity contribution >= 4 is 27.8 Å². The summed E-state index contributed by atoms with van der Waals surface area (Å²) < 4.78 is 34.6. The Kier molecular flexibility index (Phi) is 5.93. The second-order valence-electron chi connectivity index (χ2n) is 5.98. The van der Waals surface area contributed by atoms with Crippen molar-refractivity contribution in [1.82, 2.24) is 15.2 Å². The van der Waals surface area contributed by atoms with Gasteiger partial charge in [0.1, 0.15) is 5.75 Å². The summed E-state index contributed by atoms with van der Waals surface area (Å²) in [5.74, 6) is -0.158. The third-order valence-corrected chi connectivity index (χ3v) is 5.23. The Bertz CT molecular complexity index is 1150. The Morgan fingerprint density at radius 3 is 2.72 bits per heavy atom. The standard InChI is InChI=1S/C19H19N5O4S/c1-24-13-14(12-21-24)11-20-22-19(25)15-6-5-7-16(10-15)29(26,27)23-17-8-3-4-9-18(17)28-2/h3-13,23H,1-2H3,(H,22,25)/b20-11+. The van der Waals surface area contributed by atoms with Crippen molar-refractivity contribution in [3.8, 4) is 5.75 Å². The maximum Gasteiger partial charge on any atom is 0.271 e. The minimum absolute atomic E-state index is 0.0627. The molecule has 2 N–H and O–H groups in total. The topological polar surface area (TPSA) is 115 Å². The lowest BCUT2D eigenvalue weighted by atomic mass is 10.2. The zero-order valence-corrected chi connectivity index (χ0v) is 16.6. The van der Waals surface area contributed by atoms with Crippen molar-refractivity contribution in [2.24, 2.45) is 12.1 Å². The number of aryl methyl sites for hydroxylation is 1. The van der Waals surface area contributed by atoms with Crippen molar-refractivity contribution in [2.75, 3.05) is 11.8 Å². The van der Waals surface area contributed by atoms with Crippen LogP contribution in [-0.2, 0) is 17.1 Å². The zero-order chi connectivity index (χ0) is 20.9. The number of carbonyl (C=O) groups is 1. The predicted molar refractivity (Wildman–Crippen MR) is 109 cm³/mol. The van der Waals surface area contributed by atoms with Crippen molar-refractivity contribution in [3.63, 3.8) is 0 Å². The molecule has 29 heavy (non-hydrogen) atoms. The molecule has 9 nitrogen and oxygen atoms in total. The van der Waals surface area contributed by atoms with Gasteiger partial charge in [-0.1, -0.05) is 18.2 Å². The van der Waals surface area contributed by atoms with Crippen LogP contribution in [0.25, 0.3) is 0 Å². The Balaban J connectivity index is 1.75. The molecular weight excluding hydrogens is 394 g/mol. The number of nitrogens with zero attached hydrogens (tertiary/aromatic N) is 3. The van der Waals surface area contributed by atoms with E-state index in [2.05, 4.69) is 20.3 Å². The number of hydrogen-bond acceptors (Lipinski definition) is 6. The molecule has 0 saturated carbocycles. The highest BCUT2D eigenvalue weighted by Crippen LogP contribution is 2.26. The molecule has 0 radical (unpaired) electrons. The molecule has 1 amide bonds. The Morgan fingerprint density at radius 2 is 2.00 bits per heavy atom. The first kappa shape index (κ1) is 20.1. The van der Waals surface area contributed by atoms with E-state index < -0.39 is 15.9 Å². The molecule has 0 saturated heterocycles. The van der Waals surface area contributed by atoms with Crippen LogP contribution in [0.5, 0.6) is 5.75 Å². The highest BCUT2D eigenvalue weighted by atomic mass is 32.2. The molecule has 10 heteroatoms. The van der Waals surface area contributed by atoms with Crippen molar-refractivity contribution in [2.45, 2.75) is 4.90 Å². The highest BCUT2D eigenvalue weighted by Gasteiger charge is 2.18. The van der Waals surface area contributed by atoms with E-state index in [4.69, 9.17) is 4.74 Å². The van der Waals surface area contributed by atoms with Gasteiger partial charge in [-0.05, 0) is 30.3 Å². The summed E-state index contributed by atoms with van der Waals surface area (Å²) in [4.78, 5) is 12.2. The van der Waals surface area contributed by atoms with Gasteiger partial charge in [0, 0.05) is 24.4 Å². The molecule has 150 valence electrons. The summed E-state index contributed by atoms with van der Waals surface area (Å²) in [6.07, 6.45) is 4.76. The Labute approximate surface area is 168 Å². The van der Waals surface area contributed by atoms with E-state index in [1.807, 2.05) is 0 Å². The van der Waals surface area contributed by atoms with Gasteiger partial charge < -0.3 is 4.74 Å². The molecule has 0 atom stereocenters. The Hall–Kier alpha value is -3.66. The van der Waals surface area contributed by atoms with E-state index in [-0.39, 0.29) is 10.5 Å². The number of aromatic nitrogens is 2. The van der Waals surface area contributed by atoms with Crippen LogP contribution >= 0.6 is 0 Å². The van der Waals surface area contributed by atoms with Crippen LogP contribution < -0.4 is 14.9 Å². The van der Waals surface area contributed by atoms with Gasteiger partial charge in [0.2, 0.25) is 0 Å². The van der Waals surface area contributed by atoms with Crippen LogP contribution in [0.3, 0.4) is 0 Å². The monoisotopic (exact) mass is 413 g/mol. The first-order valence-electron chi connectivity index (χ1n) is 8.47. The quantitative estimate of drug-likeness (QED) is 0.454. The third kappa shape index (κ3) is 4.99. The van der Waals surface area contributed by atoms with E-state index >= 15 is 0 Å². The minimum Gasteiger partial charge on any atom is -0.495 e. The second kappa shape index (κ2) is 8.57. The molecule has 1 heterocycles. The van der Waals surface area contributed by atoms with Crippen molar-refractivity contribution in [3.05, 3.63) is 72.1 Å². The fourth-order valence-electron chi connectivity index (χ4n) is 2.47. The lowest BCUT2D eigenvalue weighted by Crippen LogP contribution is -2.19. The highest BCUT2D eigenvalue weighted by molar-refractivity contribution is 7.92. The van der Waals surface area contributed by atoms with Crippen LogP contribution in [0.2, 0.25) is 0 Å². The van der Waals surface area contributed by atoms with Gasteiger partial charge in [-0.25, -0.2) is 13.8 Å². The number of methoxy groups -OCH3 is 1. The maximum atomic E-state index is 12.7. The van der Waals surface area contributed by atoms with Crippen molar-refractivity contribution < 1.29 is 17.9 Å². The molecule has 0 fully saturated rings. The predicted octanol–water partition coefficient (Wildman–Crippen LogP) is 1.99. The lowest BCUT2D eigenvalue weighted by Gasteiger charge is -2.12. The van der Waals surface area contributed by atoms with E-state index in [1.165, 1.54) is 37.6 Å². The smallest absolute Gasteiger partial charge is 0.271 e. The van der Waals surface area contributed by atoms with E-state index in [9.17, 15) is 13.2 Å². The van der Waals surface area contributed by atoms with Crippen LogP contribution in [-0.4, -0.2) is 37.4 Å². The van der Waals surface area contributed by atoms with Crippen LogP contribution in [0.4, 0.5) is 5.69 Å². The summed E-state index contributed by atoms with van der Waals surface area (Å²) in [6, 6.07) is 12.3. The Morgan fingerprint density at radius 1 is 1.21 bits per heavy atom. The number of anilines is 1. The summed E-state index contributed by atoms with van der Waals surface area (Å²) in [7, 11) is -0.709. The number of carbonyl (C=O) groups excluding carboxylic acids is 1. The number of para-hydroxylation sites is 2. The number of benzene rings is 2. The molecule has 0 unspecified atom stereocenters. The molecule has 0 aliphatic rings. The lowest BCUT2D eigenvalue weighted by molar-refractivity contribution is 0.0955. The molecular formula is C19H19N5O4S. The number of ether oxygens (including phenoxy) is 1. The van der Waals surface area contributed by atoms with Gasteiger partial charge in [0.05, 0.1) is 30.1 Å². The van der Waals surface area contributed by atoms with Gasteiger partial charge in [-0.3, -0.25) is 14.2 Å². The number of hydrazone groups is 1. The van der Waals surface area contributed by atoms with Crippen LogP contribution in [0.1, 0.15) is 15.9 Å². The summed E-state index contributed by atoms with van der Waals surface area (Å²) in [5.41, 5.74) is 3.52. The largest absolute Gasteiger partial charge is 0.495 e. The molecule has 2 aromatic carbocycles. The first-order chi connectivity index (χ1) is 13.9. The summed E-state index contributed by atoms with van der Waals surface area (Å²) >= 11 is 0. The molecule has 0 aliphatic heterocycles. The average Bonchev–Trinajstić information content (AvgIpc) is 3.13. The van der Waals surface area contributed by atoms with Gasteiger partial charge in [0.25, 0.3) is 15.9 Å². The normalized spacial score (nSPS) is 11.4. The molecule has 0 bridgehead atoms. The SMILES string of the molecule is COc1ccccc1NS(=O)(=O)c1cccc(C(=O)N/N=C/c2cnn(C)c2)c1. The minimum atomic E-state index is -3.92. The van der Waals surface area contributed by atoms with Gasteiger partial charge >= 0.3 is 0 Å². The number of nitrogens with one attached hydrogen (secondary N) is 2. The fourth-order valence-corrected chi connectivity index (χ4v) is 3.59. The van der Waals surface area contributed by atoms with Crippen LogP contribution in [0.15, 0.2) is 70.9 Å². The number of sulfonamides is 1. The average molecular weight is 413 g/mol. The van der Waals surface area contributed by atoms with E-state index in [0.717, 1.165) is 0 Å². The second-order valence-corrected chi connectivity index (χ2v) is 7.66. The zero-order valence-electron chi connectivity index (χ0n) is 15.7. The number of amides is 1. The van der Waals surface area contributed by atoms with Crippen LogP contribution in [0, 0.1) is 0 Å². The molecule has 0 spiro atoms. The fraction of sp³-hybridized carbons (Fsp3) is 0.105. The van der Waals surface area contributed by atoms with Gasteiger partial charge in [0.15, 0.2) is 0 Å². The molecule has 0 aliphatic carbocycles.